The van der Waals surface area contributed by atoms with Gasteiger partial charge < -0.3 is 5.32 Å². The number of amides is 1. The number of nitrogens with one attached hydrogen (secondary N) is 1. The first kappa shape index (κ1) is 17.9. The van der Waals surface area contributed by atoms with E-state index in [1.807, 2.05) is 0 Å². The zero-order valence-corrected chi connectivity index (χ0v) is 15.1. The Morgan fingerprint density at radius 1 is 1.22 bits per heavy atom. The zero-order valence-electron chi connectivity index (χ0n) is 14.3. The molecule has 126 valence electrons. The molecule has 1 heterocycles. The number of Topliss-reactive ketones (excluding diaryl/α,β-unsaturated/α-hetero) is 1. The minimum absolute atomic E-state index is 0.0113. The monoisotopic (exact) mass is 335 g/mol. The van der Waals surface area contributed by atoms with Gasteiger partial charge in [-0.25, -0.2) is 9.97 Å². The fourth-order valence-electron chi connectivity index (χ4n) is 3.10. The van der Waals surface area contributed by atoms with Crippen molar-refractivity contribution in [3.63, 3.8) is 0 Å². The van der Waals surface area contributed by atoms with Gasteiger partial charge in [-0.2, -0.15) is 0 Å². The van der Waals surface area contributed by atoms with Crippen molar-refractivity contribution in [2.45, 2.75) is 64.4 Å². The zero-order chi connectivity index (χ0) is 17.0. The molecule has 0 radical (unpaired) electrons. The van der Waals surface area contributed by atoms with Gasteiger partial charge in [-0.15, -0.1) is 0 Å². The molecule has 2 rings (SSSR count). The largest absolute Gasteiger partial charge is 0.352 e. The van der Waals surface area contributed by atoms with E-state index in [0.29, 0.717) is 28.0 Å². The van der Waals surface area contributed by atoms with Crippen molar-refractivity contribution in [3.05, 3.63) is 17.1 Å². The molecule has 2 atom stereocenters. The van der Waals surface area contributed by atoms with Gasteiger partial charge in [-0.3, -0.25) is 9.59 Å². The van der Waals surface area contributed by atoms with Crippen LogP contribution in [0.2, 0.25) is 0 Å². The summed E-state index contributed by atoms with van der Waals surface area (Å²) in [7, 11) is 0. The van der Waals surface area contributed by atoms with Crippen molar-refractivity contribution in [2.24, 2.45) is 5.92 Å². The molecule has 0 aromatic carbocycles. The highest BCUT2D eigenvalue weighted by molar-refractivity contribution is 8.00. The van der Waals surface area contributed by atoms with Gasteiger partial charge >= 0.3 is 0 Å². The first-order valence-electron chi connectivity index (χ1n) is 8.16. The van der Waals surface area contributed by atoms with E-state index >= 15 is 0 Å². The van der Waals surface area contributed by atoms with E-state index in [9.17, 15) is 9.59 Å². The summed E-state index contributed by atoms with van der Waals surface area (Å²) >= 11 is 1.32. The summed E-state index contributed by atoms with van der Waals surface area (Å²) < 4.78 is 0. The van der Waals surface area contributed by atoms with Crippen LogP contribution >= 0.6 is 11.8 Å². The minimum Gasteiger partial charge on any atom is -0.352 e. The maximum atomic E-state index is 12.2. The van der Waals surface area contributed by atoms with Gasteiger partial charge in [-0.05, 0) is 39.5 Å². The van der Waals surface area contributed by atoms with E-state index < -0.39 is 0 Å². The molecule has 2 unspecified atom stereocenters. The van der Waals surface area contributed by atoms with Crippen LogP contribution in [0.1, 0.15) is 61.4 Å². The van der Waals surface area contributed by atoms with Gasteiger partial charge in [0.05, 0.1) is 17.0 Å². The van der Waals surface area contributed by atoms with Gasteiger partial charge in [0, 0.05) is 6.04 Å². The topological polar surface area (TPSA) is 72.0 Å². The lowest BCUT2D eigenvalue weighted by Crippen LogP contribution is -2.41. The number of aromatic nitrogens is 2. The Kier molecular flexibility index (Phi) is 6.16. The second-order valence-electron chi connectivity index (χ2n) is 6.32. The van der Waals surface area contributed by atoms with Crippen molar-refractivity contribution >= 4 is 23.5 Å². The lowest BCUT2D eigenvalue weighted by atomic mass is 9.86. The summed E-state index contributed by atoms with van der Waals surface area (Å²) in [4.78, 5) is 32.6. The highest BCUT2D eigenvalue weighted by Gasteiger charge is 2.23. The number of aryl methyl sites for hydroxylation is 2. The molecule has 0 aliphatic heterocycles. The number of thioether (sulfide) groups is 1. The summed E-state index contributed by atoms with van der Waals surface area (Å²) in [5.41, 5.74) is 1.20. The maximum Gasteiger partial charge on any atom is 0.230 e. The molecule has 1 saturated carbocycles. The van der Waals surface area contributed by atoms with Crippen LogP contribution in [0.25, 0.3) is 0 Å². The molecule has 23 heavy (non-hydrogen) atoms. The highest BCUT2D eigenvalue weighted by atomic mass is 32.2. The quantitative estimate of drug-likeness (QED) is 0.508. The molecule has 1 aromatic heterocycles. The second kappa shape index (κ2) is 7.90. The van der Waals surface area contributed by atoms with Crippen LogP contribution in [0, 0.1) is 19.8 Å². The Morgan fingerprint density at radius 3 is 2.57 bits per heavy atom. The molecule has 1 N–H and O–H groups in total. The predicted molar refractivity (Wildman–Crippen MR) is 91.8 cm³/mol. The molecule has 1 fully saturated rings. The number of hydrogen-bond acceptors (Lipinski definition) is 5. The van der Waals surface area contributed by atoms with E-state index in [2.05, 4.69) is 22.2 Å². The molecular formula is C17H25N3O2S. The Balaban J connectivity index is 2.00. The summed E-state index contributed by atoms with van der Waals surface area (Å²) in [6.45, 7) is 7.31. The Hall–Kier alpha value is -1.43. The molecule has 5 nitrogen and oxygen atoms in total. The summed E-state index contributed by atoms with van der Waals surface area (Å²) in [6, 6.07) is 0.276. The van der Waals surface area contributed by atoms with Gasteiger partial charge in [0.25, 0.3) is 0 Å². The van der Waals surface area contributed by atoms with Crippen molar-refractivity contribution in [1.29, 1.82) is 0 Å². The maximum absolute atomic E-state index is 12.2. The molecular weight excluding hydrogens is 310 g/mol. The average Bonchev–Trinajstić information content (AvgIpc) is 2.46. The number of carbonyl (C=O) groups is 2. The third-order valence-corrected chi connectivity index (χ3v) is 5.29. The van der Waals surface area contributed by atoms with E-state index in [1.165, 1.54) is 37.9 Å². The lowest BCUT2D eigenvalue weighted by molar-refractivity contribution is -0.119. The third kappa shape index (κ3) is 4.77. The fourth-order valence-corrected chi connectivity index (χ4v) is 4.09. The third-order valence-electron chi connectivity index (χ3n) is 4.32. The molecule has 1 aliphatic rings. The standard InChI is InChI=1S/C17H25N3O2S/c1-10-7-5-6-8-14(10)20-15(22)9-23-17-16(12(3)21)11(2)18-13(4)19-17/h10,14H,5-9H2,1-4H3,(H,20,22). The molecule has 1 aromatic rings. The predicted octanol–water partition coefficient (Wildman–Crippen LogP) is 3.08. The SMILES string of the molecule is CC(=O)c1c(C)nc(C)nc1SCC(=O)NC1CCCCC1C. The average molecular weight is 335 g/mol. The van der Waals surface area contributed by atoms with Gasteiger partial charge in [0.2, 0.25) is 5.91 Å². The van der Waals surface area contributed by atoms with E-state index in [1.54, 1.807) is 13.8 Å². The van der Waals surface area contributed by atoms with Crippen LogP contribution in [0.4, 0.5) is 0 Å². The van der Waals surface area contributed by atoms with E-state index in [0.717, 1.165) is 6.42 Å². The molecule has 0 bridgehead atoms. The van der Waals surface area contributed by atoms with Gasteiger partial charge in [0.1, 0.15) is 10.9 Å². The Labute approximate surface area is 142 Å². The van der Waals surface area contributed by atoms with Crippen LogP contribution in [0.5, 0.6) is 0 Å². The highest BCUT2D eigenvalue weighted by Crippen LogP contribution is 2.25. The van der Waals surface area contributed by atoms with Crippen molar-refractivity contribution < 1.29 is 9.59 Å². The second-order valence-corrected chi connectivity index (χ2v) is 7.28. The van der Waals surface area contributed by atoms with Crippen molar-refractivity contribution in [2.75, 3.05) is 5.75 Å². The first-order chi connectivity index (χ1) is 10.9. The number of hydrogen-bond donors (Lipinski definition) is 1. The minimum atomic E-state index is -0.0636. The normalized spacial score (nSPS) is 21.0. The van der Waals surface area contributed by atoms with Crippen molar-refractivity contribution in [1.82, 2.24) is 15.3 Å². The van der Waals surface area contributed by atoms with Crippen LogP contribution in [-0.2, 0) is 4.79 Å². The van der Waals surface area contributed by atoms with Gasteiger partial charge in [0.15, 0.2) is 5.78 Å². The fraction of sp³-hybridized carbons (Fsp3) is 0.647. The van der Waals surface area contributed by atoms with Gasteiger partial charge in [-0.1, -0.05) is 31.5 Å². The molecule has 6 heteroatoms. The molecule has 1 amide bonds. The number of ketones is 1. The summed E-state index contributed by atoms with van der Waals surface area (Å²) in [6.07, 6.45) is 4.67. The number of carbonyl (C=O) groups excluding carboxylic acids is 2. The van der Waals surface area contributed by atoms with Crippen LogP contribution in [-0.4, -0.2) is 33.5 Å². The van der Waals surface area contributed by atoms with Crippen LogP contribution in [0.15, 0.2) is 5.03 Å². The first-order valence-corrected chi connectivity index (χ1v) is 9.15. The Bertz CT molecular complexity index is 604. The Morgan fingerprint density at radius 2 is 1.91 bits per heavy atom. The summed E-state index contributed by atoms with van der Waals surface area (Å²) in [5.74, 6) is 1.38. The molecule has 0 saturated heterocycles. The number of rotatable bonds is 5. The molecule has 0 spiro atoms. The van der Waals surface area contributed by atoms with Crippen LogP contribution in [0.3, 0.4) is 0 Å². The summed E-state index contributed by atoms with van der Waals surface area (Å²) in [5, 5.41) is 3.73. The number of nitrogens with zero attached hydrogens (tertiary/aromatic N) is 2. The van der Waals surface area contributed by atoms with Crippen molar-refractivity contribution in [3.8, 4) is 0 Å². The van der Waals surface area contributed by atoms with E-state index in [4.69, 9.17) is 0 Å². The molecule has 1 aliphatic carbocycles. The smallest absolute Gasteiger partial charge is 0.230 e. The van der Waals surface area contributed by atoms with Crippen LogP contribution < -0.4 is 5.32 Å². The lowest BCUT2D eigenvalue weighted by Gasteiger charge is -2.29. The van der Waals surface area contributed by atoms with E-state index in [-0.39, 0.29) is 23.5 Å².